The van der Waals surface area contributed by atoms with Gasteiger partial charge in [-0.05, 0) is 25.0 Å². The molecule has 3 atom stereocenters. The molecule has 0 fully saturated rings. The van der Waals surface area contributed by atoms with Gasteiger partial charge in [0.05, 0.1) is 12.7 Å². The van der Waals surface area contributed by atoms with Crippen LogP contribution in [-0.4, -0.2) is 29.3 Å². The van der Waals surface area contributed by atoms with Gasteiger partial charge in [0.15, 0.2) is 0 Å². The highest BCUT2D eigenvalue weighted by Gasteiger charge is 2.28. The van der Waals surface area contributed by atoms with Crippen molar-refractivity contribution in [3.05, 3.63) is 23.8 Å². The zero-order valence-electron chi connectivity index (χ0n) is 12.4. The van der Waals surface area contributed by atoms with E-state index in [0.717, 1.165) is 6.42 Å². The third kappa shape index (κ3) is 3.63. The predicted octanol–water partition coefficient (Wildman–Crippen LogP) is 2.34. The Morgan fingerprint density at radius 2 is 1.85 bits per heavy atom. The minimum atomic E-state index is -0.487. The molecule has 0 bridgehead atoms. The second-order valence-electron chi connectivity index (χ2n) is 4.98. The number of nitrogens with one attached hydrogen (secondary N) is 1. The molecule has 1 aromatic carbocycles. The summed E-state index contributed by atoms with van der Waals surface area (Å²) in [7, 11) is 1.35. The Morgan fingerprint density at radius 1 is 1.30 bits per heavy atom. The summed E-state index contributed by atoms with van der Waals surface area (Å²) >= 11 is 0. The smallest absolute Gasteiger partial charge is 0.323 e. The van der Waals surface area contributed by atoms with Crippen molar-refractivity contribution in [1.82, 2.24) is 5.32 Å². The van der Waals surface area contributed by atoms with Crippen molar-refractivity contribution in [3.8, 4) is 11.5 Å². The molecule has 0 aliphatic rings. The molecule has 5 heteroatoms. The molecule has 0 saturated carbocycles. The molecule has 0 spiro atoms. The first-order valence-electron chi connectivity index (χ1n) is 6.77. The standard InChI is InChI=1S/C15H23NO4/c1-5-9(2)14(15(19)20-4)16-10(3)13-11(17)7-6-8-12(13)18/h6-10,14,16-18H,5H2,1-4H3. The monoisotopic (exact) mass is 281 g/mol. The van der Waals surface area contributed by atoms with Crippen LogP contribution in [0.2, 0.25) is 0 Å². The summed E-state index contributed by atoms with van der Waals surface area (Å²) in [5.74, 6) is -0.269. The molecule has 3 unspecified atom stereocenters. The second kappa shape index (κ2) is 7.14. The average Bonchev–Trinajstić information content (AvgIpc) is 2.42. The van der Waals surface area contributed by atoms with E-state index in [1.54, 1.807) is 13.0 Å². The van der Waals surface area contributed by atoms with E-state index >= 15 is 0 Å². The molecule has 112 valence electrons. The number of ether oxygens (including phenoxy) is 1. The van der Waals surface area contributed by atoms with Gasteiger partial charge in [0.1, 0.15) is 17.5 Å². The van der Waals surface area contributed by atoms with Crippen LogP contribution in [0.3, 0.4) is 0 Å². The van der Waals surface area contributed by atoms with Gasteiger partial charge in [-0.2, -0.15) is 0 Å². The number of rotatable bonds is 6. The zero-order valence-corrected chi connectivity index (χ0v) is 12.4. The Balaban J connectivity index is 2.96. The lowest BCUT2D eigenvalue weighted by Crippen LogP contribution is -2.43. The molecular formula is C15H23NO4. The van der Waals surface area contributed by atoms with Crippen LogP contribution >= 0.6 is 0 Å². The van der Waals surface area contributed by atoms with Crippen molar-refractivity contribution in [2.24, 2.45) is 5.92 Å². The van der Waals surface area contributed by atoms with Crippen molar-refractivity contribution >= 4 is 5.97 Å². The molecule has 1 rings (SSSR count). The van der Waals surface area contributed by atoms with Crippen LogP contribution in [0.4, 0.5) is 0 Å². The highest BCUT2D eigenvalue weighted by atomic mass is 16.5. The van der Waals surface area contributed by atoms with Crippen molar-refractivity contribution in [1.29, 1.82) is 0 Å². The Morgan fingerprint density at radius 3 is 2.30 bits per heavy atom. The first-order valence-corrected chi connectivity index (χ1v) is 6.77. The highest BCUT2D eigenvalue weighted by Crippen LogP contribution is 2.32. The molecule has 20 heavy (non-hydrogen) atoms. The molecule has 0 aliphatic carbocycles. The van der Waals surface area contributed by atoms with Gasteiger partial charge in [-0.3, -0.25) is 10.1 Å². The second-order valence-corrected chi connectivity index (χ2v) is 4.98. The quantitative estimate of drug-likeness (QED) is 0.697. The number of hydrogen-bond acceptors (Lipinski definition) is 5. The van der Waals surface area contributed by atoms with E-state index < -0.39 is 6.04 Å². The molecule has 5 nitrogen and oxygen atoms in total. The first-order chi connectivity index (χ1) is 9.42. The summed E-state index contributed by atoms with van der Waals surface area (Å²) in [6, 6.07) is 3.70. The molecule has 3 N–H and O–H groups in total. The van der Waals surface area contributed by atoms with Gasteiger partial charge in [-0.15, -0.1) is 0 Å². The summed E-state index contributed by atoms with van der Waals surface area (Å²) < 4.78 is 4.81. The molecule has 1 aromatic rings. The molecule has 0 aromatic heterocycles. The van der Waals surface area contributed by atoms with Crippen LogP contribution in [0, 0.1) is 5.92 Å². The topological polar surface area (TPSA) is 78.8 Å². The van der Waals surface area contributed by atoms with Gasteiger partial charge >= 0.3 is 5.97 Å². The number of carbonyl (C=O) groups excluding carboxylic acids is 1. The Labute approximate surface area is 119 Å². The summed E-state index contributed by atoms with van der Waals surface area (Å²) in [4.78, 5) is 11.8. The third-order valence-corrected chi connectivity index (χ3v) is 3.59. The van der Waals surface area contributed by atoms with Crippen LogP contribution in [0.25, 0.3) is 0 Å². The number of phenols is 2. The number of aromatic hydroxyl groups is 2. The van der Waals surface area contributed by atoms with Crippen molar-refractivity contribution in [2.75, 3.05) is 7.11 Å². The van der Waals surface area contributed by atoms with Crippen LogP contribution < -0.4 is 5.32 Å². The van der Waals surface area contributed by atoms with E-state index in [4.69, 9.17) is 4.74 Å². The maximum atomic E-state index is 11.8. The summed E-state index contributed by atoms with van der Waals surface area (Å²) in [5, 5.41) is 22.8. The van der Waals surface area contributed by atoms with Gasteiger partial charge in [-0.25, -0.2) is 0 Å². The lowest BCUT2D eigenvalue weighted by atomic mass is 9.96. The van der Waals surface area contributed by atoms with Crippen LogP contribution in [-0.2, 0) is 9.53 Å². The third-order valence-electron chi connectivity index (χ3n) is 3.59. The zero-order chi connectivity index (χ0) is 15.3. The normalized spacial score (nSPS) is 15.4. The fourth-order valence-electron chi connectivity index (χ4n) is 2.16. The number of carbonyl (C=O) groups is 1. The highest BCUT2D eigenvalue weighted by molar-refractivity contribution is 5.76. The van der Waals surface area contributed by atoms with Gasteiger partial charge in [-0.1, -0.05) is 26.3 Å². The number of benzene rings is 1. The fourth-order valence-corrected chi connectivity index (χ4v) is 2.16. The Bertz CT molecular complexity index is 441. The number of methoxy groups -OCH3 is 1. The molecule has 0 amide bonds. The minimum absolute atomic E-state index is 0.00207. The van der Waals surface area contributed by atoms with Gasteiger partial charge in [0.25, 0.3) is 0 Å². The summed E-state index contributed by atoms with van der Waals surface area (Å²) in [6.07, 6.45) is 0.812. The van der Waals surface area contributed by atoms with E-state index in [9.17, 15) is 15.0 Å². The number of phenolic OH excluding ortho intramolecular Hbond substituents is 2. The van der Waals surface area contributed by atoms with Gasteiger partial charge < -0.3 is 14.9 Å². The lowest BCUT2D eigenvalue weighted by Gasteiger charge is -2.26. The Kier molecular flexibility index (Phi) is 5.82. The van der Waals surface area contributed by atoms with Gasteiger partial charge in [0.2, 0.25) is 0 Å². The average molecular weight is 281 g/mol. The van der Waals surface area contributed by atoms with E-state index in [1.165, 1.54) is 19.2 Å². The van der Waals surface area contributed by atoms with Crippen molar-refractivity contribution in [3.63, 3.8) is 0 Å². The van der Waals surface area contributed by atoms with Gasteiger partial charge in [0, 0.05) is 6.04 Å². The maximum absolute atomic E-state index is 11.8. The lowest BCUT2D eigenvalue weighted by molar-refractivity contribution is -0.144. The molecule has 0 radical (unpaired) electrons. The van der Waals surface area contributed by atoms with E-state index in [2.05, 4.69) is 5.32 Å². The number of esters is 1. The Hall–Kier alpha value is -1.75. The SMILES string of the molecule is CCC(C)C(NC(C)c1c(O)cccc1O)C(=O)OC. The summed E-state index contributed by atoms with van der Waals surface area (Å²) in [5.41, 5.74) is 0.379. The first kappa shape index (κ1) is 16.3. The van der Waals surface area contributed by atoms with E-state index in [1.807, 2.05) is 13.8 Å². The van der Waals surface area contributed by atoms with Crippen LogP contribution in [0.1, 0.15) is 38.8 Å². The van der Waals surface area contributed by atoms with Crippen LogP contribution in [0.15, 0.2) is 18.2 Å². The molecule has 0 heterocycles. The maximum Gasteiger partial charge on any atom is 0.323 e. The van der Waals surface area contributed by atoms with E-state index in [-0.39, 0.29) is 29.4 Å². The predicted molar refractivity (Wildman–Crippen MR) is 76.6 cm³/mol. The van der Waals surface area contributed by atoms with Crippen LogP contribution in [0.5, 0.6) is 11.5 Å². The number of hydrogen-bond donors (Lipinski definition) is 3. The minimum Gasteiger partial charge on any atom is -0.507 e. The fraction of sp³-hybridized carbons (Fsp3) is 0.533. The van der Waals surface area contributed by atoms with Crippen molar-refractivity contribution in [2.45, 2.75) is 39.3 Å². The summed E-state index contributed by atoms with van der Waals surface area (Å²) in [6.45, 7) is 5.73. The van der Waals surface area contributed by atoms with E-state index in [0.29, 0.717) is 5.56 Å². The molecule has 0 saturated heterocycles. The largest absolute Gasteiger partial charge is 0.507 e. The van der Waals surface area contributed by atoms with Crippen molar-refractivity contribution < 1.29 is 19.7 Å². The molecular weight excluding hydrogens is 258 g/mol. The molecule has 0 aliphatic heterocycles.